The van der Waals surface area contributed by atoms with E-state index >= 15 is 0 Å². The van der Waals surface area contributed by atoms with Crippen LogP contribution in [0.3, 0.4) is 0 Å². The summed E-state index contributed by atoms with van der Waals surface area (Å²) in [6, 6.07) is 5.59. The van der Waals surface area contributed by atoms with Crippen LogP contribution in [0.1, 0.15) is 37.8 Å². The normalized spacial score (nSPS) is 22.9. The second-order valence-corrected chi connectivity index (χ2v) is 4.64. The van der Waals surface area contributed by atoms with Crippen molar-refractivity contribution in [1.82, 2.24) is 9.88 Å². The lowest BCUT2D eigenvalue weighted by molar-refractivity contribution is 0.165. The molecule has 1 aromatic heterocycles. The standard InChI is InChI=1S/C12H16N2O/c15-11-6-4-5-10-9-13-12(14(10)11)7-2-1-3-8-12/h4-6,13H,1-3,7-9H2. The van der Waals surface area contributed by atoms with Gasteiger partial charge in [-0.15, -0.1) is 0 Å². The Morgan fingerprint density at radius 1 is 1.20 bits per heavy atom. The molecule has 0 atom stereocenters. The average Bonchev–Trinajstić information content (AvgIpc) is 2.60. The lowest BCUT2D eigenvalue weighted by atomic mass is 9.89. The summed E-state index contributed by atoms with van der Waals surface area (Å²) in [5.41, 5.74) is 1.25. The van der Waals surface area contributed by atoms with E-state index in [1.807, 2.05) is 10.6 Å². The van der Waals surface area contributed by atoms with Crippen LogP contribution in [0.4, 0.5) is 0 Å². The number of nitrogens with one attached hydrogen (secondary N) is 1. The van der Waals surface area contributed by atoms with Gasteiger partial charge in [-0.25, -0.2) is 0 Å². The summed E-state index contributed by atoms with van der Waals surface area (Å²) >= 11 is 0. The van der Waals surface area contributed by atoms with Gasteiger partial charge in [-0.1, -0.05) is 12.5 Å². The van der Waals surface area contributed by atoms with Crippen molar-refractivity contribution < 1.29 is 0 Å². The maximum Gasteiger partial charge on any atom is 0.252 e. The van der Waals surface area contributed by atoms with E-state index in [1.54, 1.807) is 6.07 Å². The van der Waals surface area contributed by atoms with Crippen molar-refractivity contribution in [1.29, 1.82) is 0 Å². The Bertz CT molecular complexity index is 424. The van der Waals surface area contributed by atoms with E-state index in [0.29, 0.717) is 0 Å². The first kappa shape index (κ1) is 9.16. The van der Waals surface area contributed by atoms with Crippen LogP contribution in [0.2, 0.25) is 0 Å². The van der Waals surface area contributed by atoms with Crippen LogP contribution in [0.5, 0.6) is 0 Å². The van der Waals surface area contributed by atoms with Crippen LogP contribution in [0.15, 0.2) is 23.0 Å². The third-order valence-electron chi connectivity index (χ3n) is 3.74. The Morgan fingerprint density at radius 3 is 2.80 bits per heavy atom. The monoisotopic (exact) mass is 204 g/mol. The maximum absolute atomic E-state index is 11.9. The lowest BCUT2D eigenvalue weighted by Gasteiger charge is -2.35. The molecule has 1 spiro atoms. The summed E-state index contributed by atoms with van der Waals surface area (Å²) in [6.45, 7) is 0.843. The fraction of sp³-hybridized carbons (Fsp3) is 0.583. The molecule has 0 unspecified atom stereocenters. The highest BCUT2D eigenvalue weighted by molar-refractivity contribution is 5.15. The number of fused-ring (bicyclic) bond motifs is 2. The Morgan fingerprint density at radius 2 is 2.00 bits per heavy atom. The Kier molecular flexibility index (Phi) is 1.96. The van der Waals surface area contributed by atoms with Crippen molar-refractivity contribution in [3.63, 3.8) is 0 Å². The zero-order valence-electron chi connectivity index (χ0n) is 8.83. The van der Waals surface area contributed by atoms with Gasteiger partial charge >= 0.3 is 0 Å². The minimum absolute atomic E-state index is 0.0497. The first-order valence-corrected chi connectivity index (χ1v) is 5.78. The molecular weight excluding hydrogens is 188 g/mol. The average molecular weight is 204 g/mol. The van der Waals surface area contributed by atoms with Crippen LogP contribution in [0, 0.1) is 0 Å². The second-order valence-electron chi connectivity index (χ2n) is 4.64. The minimum Gasteiger partial charge on any atom is -0.293 e. The number of hydrogen-bond acceptors (Lipinski definition) is 2. The smallest absolute Gasteiger partial charge is 0.252 e. The number of hydrogen-bond donors (Lipinski definition) is 1. The first-order valence-electron chi connectivity index (χ1n) is 5.78. The highest BCUT2D eigenvalue weighted by atomic mass is 16.1. The van der Waals surface area contributed by atoms with Gasteiger partial charge in [-0.2, -0.15) is 0 Å². The molecule has 3 rings (SSSR count). The van der Waals surface area contributed by atoms with Crippen LogP contribution >= 0.6 is 0 Å². The van der Waals surface area contributed by atoms with Gasteiger partial charge in [0.05, 0.1) is 5.66 Å². The predicted molar refractivity (Wildman–Crippen MR) is 58.6 cm³/mol. The predicted octanol–water partition coefficient (Wildman–Crippen LogP) is 1.57. The molecule has 0 aromatic carbocycles. The second kappa shape index (κ2) is 3.20. The van der Waals surface area contributed by atoms with Gasteiger partial charge in [0.25, 0.3) is 5.56 Å². The molecule has 1 aliphatic carbocycles. The van der Waals surface area contributed by atoms with Gasteiger partial charge in [0.1, 0.15) is 0 Å². The number of pyridine rings is 1. The molecule has 3 nitrogen and oxygen atoms in total. The Hall–Kier alpha value is -1.09. The minimum atomic E-state index is -0.0497. The lowest BCUT2D eigenvalue weighted by Crippen LogP contribution is -2.47. The molecular formula is C12H16N2O. The van der Waals surface area contributed by atoms with Gasteiger partial charge in [-0.05, 0) is 31.7 Å². The fourth-order valence-corrected chi connectivity index (χ4v) is 3.03. The molecule has 1 aromatic rings. The van der Waals surface area contributed by atoms with E-state index in [-0.39, 0.29) is 11.2 Å². The van der Waals surface area contributed by atoms with E-state index in [4.69, 9.17) is 0 Å². The summed E-state index contributed by atoms with van der Waals surface area (Å²) in [5, 5.41) is 3.54. The molecule has 2 heterocycles. The Balaban J connectivity index is 2.13. The van der Waals surface area contributed by atoms with Gasteiger partial charge in [-0.3, -0.25) is 14.7 Å². The van der Waals surface area contributed by atoms with Crippen LogP contribution < -0.4 is 10.9 Å². The van der Waals surface area contributed by atoms with Gasteiger partial charge in [0, 0.05) is 18.3 Å². The highest BCUT2D eigenvalue weighted by Gasteiger charge is 2.39. The van der Waals surface area contributed by atoms with E-state index in [2.05, 4.69) is 11.4 Å². The molecule has 1 saturated carbocycles. The largest absolute Gasteiger partial charge is 0.293 e. The molecule has 2 aliphatic rings. The van der Waals surface area contributed by atoms with Crippen molar-refractivity contribution in [2.75, 3.05) is 0 Å². The summed E-state index contributed by atoms with van der Waals surface area (Å²) in [4.78, 5) is 11.9. The van der Waals surface area contributed by atoms with Crippen LogP contribution in [-0.2, 0) is 12.2 Å². The molecule has 1 aliphatic heterocycles. The molecule has 0 saturated heterocycles. The third-order valence-corrected chi connectivity index (χ3v) is 3.74. The zero-order valence-corrected chi connectivity index (χ0v) is 8.83. The number of nitrogens with zero attached hydrogens (tertiary/aromatic N) is 1. The summed E-state index contributed by atoms with van der Waals surface area (Å²) < 4.78 is 1.99. The quantitative estimate of drug-likeness (QED) is 0.696. The number of rotatable bonds is 0. The molecule has 1 N–H and O–H groups in total. The van der Waals surface area contributed by atoms with E-state index in [0.717, 1.165) is 25.1 Å². The number of aromatic nitrogens is 1. The molecule has 3 heteroatoms. The Labute approximate surface area is 89.1 Å². The van der Waals surface area contributed by atoms with Crippen molar-refractivity contribution in [3.8, 4) is 0 Å². The zero-order chi connectivity index (χ0) is 10.3. The van der Waals surface area contributed by atoms with Crippen LogP contribution in [-0.4, -0.2) is 4.57 Å². The van der Waals surface area contributed by atoms with Gasteiger partial charge < -0.3 is 0 Å². The van der Waals surface area contributed by atoms with Crippen LogP contribution in [0.25, 0.3) is 0 Å². The van der Waals surface area contributed by atoms with E-state index < -0.39 is 0 Å². The van der Waals surface area contributed by atoms with Crippen molar-refractivity contribution in [2.45, 2.75) is 44.3 Å². The SMILES string of the molecule is O=c1cccc2n1C1(CCCCC1)NC2. The van der Waals surface area contributed by atoms with E-state index in [1.165, 1.54) is 19.3 Å². The topological polar surface area (TPSA) is 34.0 Å². The molecule has 80 valence electrons. The molecule has 0 bridgehead atoms. The third kappa shape index (κ3) is 1.26. The molecule has 1 fully saturated rings. The summed E-state index contributed by atoms with van der Waals surface area (Å²) in [5.74, 6) is 0. The maximum atomic E-state index is 11.9. The van der Waals surface area contributed by atoms with Gasteiger partial charge in [0.2, 0.25) is 0 Å². The molecule has 0 radical (unpaired) electrons. The van der Waals surface area contributed by atoms with E-state index in [9.17, 15) is 4.79 Å². The molecule has 0 amide bonds. The fourth-order valence-electron chi connectivity index (χ4n) is 3.03. The summed E-state index contributed by atoms with van der Waals surface area (Å²) in [7, 11) is 0. The summed E-state index contributed by atoms with van der Waals surface area (Å²) in [6.07, 6.45) is 5.97. The van der Waals surface area contributed by atoms with Gasteiger partial charge in [0.15, 0.2) is 0 Å². The van der Waals surface area contributed by atoms with Crippen molar-refractivity contribution in [2.24, 2.45) is 0 Å². The highest BCUT2D eigenvalue weighted by Crippen LogP contribution is 2.35. The van der Waals surface area contributed by atoms with Crippen molar-refractivity contribution in [3.05, 3.63) is 34.2 Å². The first-order chi connectivity index (χ1) is 7.32. The van der Waals surface area contributed by atoms with Crippen molar-refractivity contribution >= 4 is 0 Å². The molecule has 15 heavy (non-hydrogen) atoms.